The molecule has 4 aromatic rings. The molecular weight excluding hydrogens is 400 g/mol. The summed E-state index contributed by atoms with van der Waals surface area (Å²) in [6.07, 6.45) is 2.93. The second-order valence-corrected chi connectivity index (χ2v) is 6.70. The number of nitrogens with one attached hydrogen (secondary N) is 2. The van der Waals surface area contributed by atoms with Crippen molar-refractivity contribution in [3.8, 4) is 17.2 Å². The second-order valence-electron chi connectivity index (χ2n) is 6.70. The number of pyridine rings is 1. The molecule has 1 aliphatic heterocycles. The summed E-state index contributed by atoms with van der Waals surface area (Å²) < 4.78 is 12.3. The van der Waals surface area contributed by atoms with Crippen LogP contribution in [0.15, 0.2) is 65.8 Å². The van der Waals surface area contributed by atoms with Crippen LogP contribution < -0.4 is 31.3 Å². The average Bonchev–Trinajstić information content (AvgIpc) is 3.23. The predicted octanol–water partition coefficient (Wildman–Crippen LogP) is 2.74. The van der Waals surface area contributed by atoms with E-state index in [9.17, 15) is 9.59 Å². The summed E-state index contributed by atoms with van der Waals surface area (Å²) in [5.74, 6) is 1.35. The average molecular weight is 416 g/mol. The maximum absolute atomic E-state index is 12.3. The lowest BCUT2D eigenvalue weighted by Gasteiger charge is -2.12. The molecule has 4 N–H and O–H groups in total. The van der Waals surface area contributed by atoms with Gasteiger partial charge in [0.2, 0.25) is 6.79 Å². The van der Waals surface area contributed by atoms with Crippen molar-refractivity contribution in [3.05, 3.63) is 71.3 Å². The van der Waals surface area contributed by atoms with Crippen molar-refractivity contribution in [1.82, 2.24) is 14.5 Å². The van der Waals surface area contributed by atoms with Crippen LogP contribution in [0.4, 0.5) is 22.0 Å². The molecule has 0 bridgehead atoms. The van der Waals surface area contributed by atoms with E-state index in [0.717, 1.165) is 5.69 Å². The standard InChI is InChI=1S/C21H16N6O4/c22-19-18-15(28)7-8-27(20(18)24-10-23-19)14-4-1-12(2-5-14)25-21(29)26-13-3-6-16-17(9-13)31-11-30-16/h1-10H,11H2,(H2,22,23,24)(H2,25,26,29). The van der Waals surface area contributed by atoms with E-state index in [0.29, 0.717) is 28.5 Å². The summed E-state index contributed by atoms with van der Waals surface area (Å²) in [6.45, 7) is 0.167. The zero-order valence-corrected chi connectivity index (χ0v) is 16.0. The van der Waals surface area contributed by atoms with Gasteiger partial charge >= 0.3 is 6.03 Å². The van der Waals surface area contributed by atoms with Crippen molar-refractivity contribution in [2.45, 2.75) is 0 Å². The van der Waals surface area contributed by atoms with Crippen molar-refractivity contribution >= 4 is 34.3 Å². The first-order valence-corrected chi connectivity index (χ1v) is 9.28. The Balaban J connectivity index is 1.34. The first-order valence-electron chi connectivity index (χ1n) is 9.28. The predicted molar refractivity (Wildman–Crippen MR) is 115 cm³/mol. The van der Waals surface area contributed by atoms with Gasteiger partial charge in [-0.05, 0) is 36.4 Å². The molecule has 0 atom stereocenters. The third-order valence-corrected chi connectivity index (χ3v) is 4.74. The number of hydrogen-bond donors (Lipinski definition) is 3. The Kier molecular flexibility index (Phi) is 4.36. The SMILES string of the molecule is Nc1ncnc2c1c(=O)ccn2-c1ccc(NC(=O)Nc2ccc3c(c2)OCO3)cc1. The Morgan fingerprint density at radius 3 is 2.55 bits per heavy atom. The van der Waals surface area contributed by atoms with E-state index in [1.165, 1.54) is 12.4 Å². The number of benzene rings is 2. The smallest absolute Gasteiger partial charge is 0.323 e. The molecule has 31 heavy (non-hydrogen) atoms. The van der Waals surface area contributed by atoms with Crippen molar-refractivity contribution < 1.29 is 14.3 Å². The van der Waals surface area contributed by atoms with Crippen LogP contribution in [-0.2, 0) is 0 Å². The topological polar surface area (TPSA) is 133 Å². The van der Waals surface area contributed by atoms with Gasteiger partial charge in [-0.2, -0.15) is 0 Å². The zero-order chi connectivity index (χ0) is 21.4. The molecule has 0 saturated heterocycles. The molecule has 2 aromatic heterocycles. The number of rotatable bonds is 3. The van der Waals surface area contributed by atoms with Crippen molar-refractivity contribution in [2.24, 2.45) is 0 Å². The molecule has 0 saturated carbocycles. The van der Waals surface area contributed by atoms with E-state index in [1.807, 2.05) is 0 Å². The van der Waals surface area contributed by atoms with E-state index >= 15 is 0 Å². The van der Waals surface area contributed by atoms with Crippen molar-refractivity contribution in [3.63, 3.8) is 0 Å². The summed E-state index contributed by atoms with van der Waals surface area (Å²) >= 11 is 0. The number of hydrogen-bond acceptors (Lipinski definition) is 7. The Hall–Kier alpha value is -4.60. The summed E-state index contributed by atoms with van der Waals surface area (Å²) in [7, 11) is 0. The third kappa shape index (κ3) is 3.46. The van der Waals surface area contributed by atoms with Crippen LogP contribution in [0.2, 0.25) is 0 Å². The van der Waals surface area contributed by atoms with E-state index < -0.39 is 6.03 Å². The van der Waals surface area contributed by atoms with Gasteiger partial charge in [0, 0.05) is 35.4 Å². The number of aromatic nitrogens is 3. The summed E-state index contributed by atoms with van der Waals surface area (Å²) in [4.78, 5) is 32.5. The van der Waals surface area contributed by atoms with Crippen LogP contribution in [0.5, 0.6) is 11.5 Å². The van der Waals surface area contributed by atoms with Crippen molar-refractivity contribution in [1.29, 1.82) is 0 Å². The fraction of sp³-hybridized carbons (Fsp3) is 0.0476. The van der Waals surface area contributed by atoms with Gasteiger partial charge in [0.1, 0.15) is 17.5 Å². The maximum atomic E-state index is 12.3. The first kappa shape index (κ1) is 18.4. The van der Waals surface area contributed by atoms with Crippen LogP contribution in [-0.4, -0.2) is 27.4 Å². The molecular formula is C21H16N6O4. The number of carbonyl (C=O) groups is 1. The molecule has 154 valence electrons. The summed E-state index contributed by atoms with van der Waals surface area (Å²) in [5, 5.41) is 5.77. The number of urea groups is 1. The van der Waals surface area contributed by atoms with E-state index in [1.54, 1.807) is 53.2 Å². The molecule has 3 heterocycles. The number of ether oxygens (including phenoxy) is 2. The van der Waals surface area contributed by atoms with Gasteiger partial charge in [-0.25, -0.2) is 14.8 Å². The number of amides is 2. The number of nitrogens with two attached hydrogens (primary N) is 1. The van der Waals surface area contributed by atoms with Gasteiger partial charge in [-0.3, -0.25) is 4.79 Å². The molecule has 0 aliphatic carbocycles. The number of carbonyl (C=O) groups excluding carboxylic acids is 1. The molecule has 5 rings (SSSR count). The first-order chi connectivity index (χ1) is 15.1. The molecule has 0 spiro atoms. The van der Waals surface area contributed by atoms with Crippen LogP contribution in [0, 0.1) is 0 Å². The minimum atomic E-state index is -0.402. The highest BCUT2D eigenvalue weighted by Crippen LogP contribution is 2.34. The molecule has 2 aromatic carbocycles. The van der Waals surface area contributed by atoms with Crippen LogP contribution in [0.25, 0.3) is 16.7 Å². The second kappa shape index (κ2) is 7.34. The molecule has 2 amide bonds. The van der Waals surface area contributed by atoms with Crippen molar-refractivity contribution in [2.75, 3.05) is 23.2 Å². The molecule has 10 heteroatoms. The van der Waals surface area contributed by atoms with Crippen LogP contribution in [0.1, 0.15) is 0 Å². The monoisotopic (exact) mass is 416 g/mol. The third-order valence-electron chi connectivity index (χ3n) is 4.74. The highest BCUT2D eigenvalue weighted by atomic mass is 16.7. The largest absolute Gasteiger partial charge is 0.454 e. The lowest BCUT2D eigenvalue weighted by molar-refractivity contribution is 0.174. The number of nitrogen functional groups attached to an aromatic ring is 1. The van der Waals surface area contributed by atoms with E-state index in [-0.39, 0.29) is 23.4 Å². The van der Waals surface area contributed by atoms with Gasteiger partial charge in [0.25, 0.3) is 0 Å². The number of anilines is 3. The Labute approximate surface area is 175 Å². The lowest BCUT2D eigenvalue weighted by atomic mass is 10.2. The number of fused-ring (bicyclic) bond motifs is 2. The van der Waals surface area contributed by atoms with Crippen LogP contribution in [0.3, 0.4) is 0 Å². The van der Waals surface area contributed by atoms with E-state index in [4.69, 9.17) is 15.2 Å². The fourth-order valence-corrected chi connectivity index (χ4v) is 3.29. The molecule has 10 nitrogen and oxygen atoms in total. The molecule has 0 fully saturated rings. The quantitative estimate of drug-likeness (QED) is 0.468. The molecule has 0 unspecified atom stereocenters. The van der Waals surface area contributed by atoms with Crippen LogP contribution >= 0.6 is 0 Å². The molecule has 0 radical (unpaired) electrons. The van der Waals surface area contributed by atoms with E-state index in [2.05, 4.69) is 20.6 Å². The van der Waals surface area contributed by atoms with Gasteiger partial charge in [0.15, 0.2) is 22.6 Å². The Bertz CT molecular complexity index is 1370. The van der Waals surface area contributed by atoms with Gasteiger partial charge in [0.05, 0.1) is 0 Å². The normalized spacial score (nSPS) is 12.0. The maximum Gasteiger partial charge on any atom is 0.323 e. The summed E-state index contributed by atoms with van der Waals surface area (Å²) in [6, 6.07) is 13.2. The minimum absolute atomic E-state index is 0.128. The summed E-state index contributed by atoms with van der Waals surface area (Å²) in [5.41, 5.74) is 7.90. The van der Waals surface area contributed by atoms with Gasteiger partial charge in [-0.1, -0.05) is 0 Å². The molecule has 1 aliphatic rings. The minimum Gasteiger partial charge on any atom is -0.454 e. The highest BCUT2D eigenvalue weighted by Gasteiger charge is 2.14. The fourth-order valence-electron chi connectivity index (χ4n) is 3.29. The Morgan fingerprint density at radius 1 is 0.968 bits per heavy atom. The van der Waals surface area contributed by atoms with Gasteiger partial charge < -0.3 is 30.4 Å². The zero-order valence-electron chi connectivity index (χ0n) is 16.0. The lowest BCUT2D eigenvalue weighted by Crippen LogP contribution is -2.19. The Morgan fingerprint density at radius 2 is 1.71 bits per heavy atom. The highest BCUT2D eigenvalue weighted by molar-refractivity contribution is 6.00. The number of nitrogens with zero attached hydrogens (tertiary/aromatic N) is 3. The van der Waals surface area contributed by atoms with Gasteiger partial charge in [-0.15, -0.1) is 0 Å².